The molecule has 3 aromatic rings. The van der Waals surface area contributed by atoms with Gasteiger partial charge in [-0.05, 0) is 30.0 Å². The number of aryl methyl sites for hydroxylation is 1. The fourth-order valence-corrected chi connectivity index (χ4v) is 2.44. The minimum Gasteiger partial charge on any atom is -0.437 e. The highest BCUT2D eigenvalue weighted by Gasteiger charge is 2.09. The van der Waals surface area contributed by atoms with E-state index in [9.17, 15) is 0 Å². The van der Waals surface area contributed by atoms with Crippen molar-refractivity contribution in [3.63, 3.8) is 0 Å². The Morgan fingerprint density at radius 3 is 3.00 bits per heavy atom. The molecule has 0 aliphatic rings. The average Bonchev–Trinajstić information content (AvgIpc) is 2.83. The van der Waals surface area contributed by atoms with E-state index in [-0.39, 0.29) is 0 Å². The zero-order valence-electron chi connectivity index (χ0n) is 9.75. The van der Waals surface area contributed by atoms with Gasteiger partial charge in [0.15, 0.2) is 0 Å². The van der Waals surface area contributed by atoms with E-state index in [1.807, 2.05) is 30.5 Å². The highest BCUT2D eigenvalue weighted by atomic mass is 32.1. The maximum Gasteiger partial charge on any atom is 0.240 e. The Morgan fingerprint density at radius 2 is 2.11 bits per heavy atom. The molecule has 2 heterocycles. The first kappa shape index (κ1) is 11.0. The summed E-state index contributed by atoms with van der Waals surface area (Å²) in [6.07, 6.45) is 1.51. The van der Waals surface area contributed by atoms with Crippen LogP contribution in [0.3, 0.4) is 0 Å². The van der Waals surface area contributed by atoms with Gasteiger partial charge in [-0.2, -0.15) is 0 Å². The molecule has 0 unspecified atom stereocenters. The quantitative estimate of drug-likeness (QED) is 0.715. The molecular weight excluding hydrogens is 246 g/mol. The molecule has 3 rings (SSSR count). The van der Waals surface area contributed by atoms with Crippen molar-refractivity contribution in [2.75, 3.05) is 5.73 Å². The molecule has 4 nitrogen and oxygen atoms in total. The Bertz CT molecular complexity index is 708. The molecule has 1 aromatic carbocycles. The van der Waals surface area contributed by atoms with Crippen molar-refractivity contribution in [2.24, 2.45) is 0 Å². The molecule has 2 N–H and O–H groups in total. The number of hydrogen-bond donors (Lipinski definition) is 1. The molecule has 90 valence electrons. The van der Waals surface area contributed by atoms with Crippen LogP contribution in [0.25, 0.3) is 10.2 Å². The van der Waals surface area contributed by atoms with Crippen molar-refractivity contribution < 1.29 is 4.74 Å². The predicted octanol–water partition coefficient (Wildman–Crippen LogP) is 3.37. The Morgan fingerprint density at radius 1 is 1.22 bits per heavy atom. The number of anilines is 1. The van der Waals surface area contributed by atoms with E-state index in [2.05, 4.69) is 9.97 Å². The van der Waals surface area contributed by atoms with E-state index in [1.165, 1.54) is 6.33 Å². The second-order valence-electron chi connectivity index (χ2n) is 3.94. The lowest BCUT2D eigenvalue weighted by Gasteiger charge is -2.08. The van der Waals surface area contributed by atoms with Gasteiger partial charge in [-0.3, -0.25) is 0 Å². The van der Waals surface area contributed by atoms with E-state index in [1.54, 1.807) is 17.4 Å². The predicted molar refractivity (Wildman–Crippen MR) is 73.1 cm³/mol. The van der Waals surface area contributed by atoms with Gasteiger partial charge in [0.1, 0.15) is 16.8 Å². The summed E-state index contributed by atoms with van der Waals surface area (Å²) in [5, 5.41) is 1.97. The summed E-state index contributed by atoms with van der Waals surface area (Å²) in [6, 6.07) is 7.53. The van der Waals surface area contributed by atoms with Gasteiger partial charge in [0.2, 0.25) is 5.88 Å². The van der Waals surface area contributed by atoms with Gasteiger partial charge in [0, 0.05) is 11.8 Å². The monoisotopic (exact) mass is 257 g/mol. The number of rotatable bonds is 2. The number of thiophene rings is 1. The van der Waals surface area contributed by atoms with Crippen molar-refractivity contribution in [3.05, 3.63) is 41.5 Å². The van der Waals surface area contributed by atoms with Crippen LogP contribution < -0.4 is 10.5 Å². The SMILES string of the molecule is Cc1ccc(N)cc1Oc1ncnc2ccsc12. The molecule has 0 saturated heterocycles. The molecule has 0 atom stereocenters. The summed E-state index contributed by atoms with van der Waals surface area (Å²) in [6.45, 7) is 1.97. The molecule has 2 aromatic heterocycles. The van der Waals surface area contributed by atoms with E-state index in [0.717, 1.165) is 21.5 Å². The van der Waals surface area contributed by atoms with Crippen molar-refractivity contribution in [1.29, 1.82) is 0 Å². The molecule has 0 aliphatic heterocycles. The van der Waals surface area contributed by atoms with Gasteiger partial charge in [-0.25, -0.2) is 9.97 Å². The lowest BCUT2D eigenvalue weighted by Crippen LogP contribution is -1.93. The number of fused-ring (bicyclic) bond motifs is 1. The summed E-state index contributed by atoms with van der Waals surface area (Å²) in [7, 11) is 0. The summed E-state index contributed by atoms with van der Waals surface area (Å²) >= 11 is 1.56. The number of benzene rings is 1. The number of hydrogen-bond acceptors (Lipinski definition) is 5. The van der Waals surface area contributed by atoms with Crippen LogP contribution in [0.1, 0.15) is 5.56 Å². The van der Waals surface area contributed by atoms with E-state index in [4.69, 9.17) is 10.5 Å². The number of aromatic nitrogens is 2. The van der Waals surface area contributed by atoms with Crippen LogP contribution >= 0.6 is 11.3 Å². The molecule has 0 radical (unpaired) electrons. The van der Waals surface area contributed by atoms with Gasteiger partial charge in [0.05, 0.1) is 5.52 Å². The molecule has 5 heteroatoms. The summed E-state index contributed by atoms with van der Waals surface area (Å²) in [5.41, 5.74) is 8.35. The Balaban J connectivity index is 2.06. The maximum atomic E-state index is 5.84. The highest BCUT2D eigenvalue weighted by molar-refractivity contribution is 7.17. The summed E-state index contributed by atoms with van der Waals surface area (Å²) < 4.78 is 6.78. The van der Waals surface area contributed by atoms with Crippen molar-refractivity contribution in [3.8, 4) is 11.6 Å². The Kier molecular flexibility index (Phi) is 2.60. The Hall–Kier alpha value is -2.14. The van der Waals surface area contributed by atoms with E-state index in [0.29, 0.717) is 11.6 Å². The third kappa shape index (κ3) is 1.89. The minimum atomic E-state index is 0.573. The number of ether oxygens (including phenoxy) is 1. The number of nitrogen functional groups attached to an aromatic ring is 1. The van der Waals surface area contributed by atoms with Crippen LogP contribution in [0.15, 0.2) is 36.0 Å². The first-order valence-electron chi connectivity index (χ1n) is 5.46. The van der Waals surface area contributed by atoms with Gasteiger partial charge < -0.3 is 10.5 Å². The molecule has 0 amide bonds. The van der Waals surface area contributed by atoms with Crippen molar-refractivity contribution >= 4 is 27.2 Å². The van der Waals surface area contributed by atoms with Gasteiger partial charge >= 0.3 is 0 Å². The zero-order valence-corrected chi connectivity index (χ0v) is 10.6. The van der Waals surface area contributed by atoms with Crippen molar-refractivity contribution in [1.82, 2.24) is 9.97 Å². The maximum absolute atomic E-state index is 5.84. The smallest absolute Gasteiger partial charge is 0.240 e. The first-order chi connectivity index (χ1) is 8.74. The molecule has 0 aliphatic carbocycles. The number of nitrogens with two attached hydrogens (primary N) is 1. The summed E-state index contributed by atoms with van der Waals surface area (Å²) in [5.74, 6) is 1.30. The Labute approximate surface area is 108 Å². The molecular formula is C13H11N3OS. The van der Waals surface area contributed by atoms with Crippen LogP contribution in [0.4, 0.5) is 5.69 Å². The van der Waals surface area contributed by atoms with E-state index >= 15 is 0 Å². The fourth-order valence-electron chi connectivity index (χ4n) is 1.67. The molecule has 0 spiro atoms. The molecule has 18 heavy (non-hydrogen) atoms. The third-order valence-electron chi connectivity index (χ3n) is 2.63. The summed E-state index contributed by atoms with van der Waals surface area (Å²) in [4.78, 5) is 8.36. The van der Waals surface area contributed by atoms with E-state index < -0.39 is 0 Å². The number of nitrogens with zero attached hydrogens (tertiary/aromatic N) is 2. The van der Waals surface area contributed by atoms with Crippen molar-refractivity contribution in [2.45, 2.75) is 6.92 Å². The normalized spacial score (nSPS) is 10.7. The second kappa shape index (κ2) is 4.27. The van der Waals surface area contributed by atoms with Crippen LogP contribution in [-0.4, -0.2) is 9.97 Å². The lowest BCUT2D eigenvalue weighted by molar-refractivity contribution is 0.466. The fraction of sp³-hybridized carbons (Fsp3) is 0.0769. The van der Waals surface area contributed by atoms with Gasteiger partial charge in [-0.1, -0.05) is 6.07 Å². The largest absolute Gasteiger partial charge is 0.437 e. The lowest BCUT2D eigenvalue weighted by atomic mass is 10.2. The van der Waals surface area contributed by atoms with Gasteiger partial charge in [0.25, 0.3) is 0 Å². The molecule has 0 fully saturated rings. The van der Waals surface area contributed by atoms with Crippen LogP contribution in [0.2, 0.25) is 0 Å². The highest BCUT2D eigenvalue weighted by Crippen LogP contribution is 2.32. The second-order valence-corrected chi connectivity index (χ2v) is 4.86. The van der Waals surface area contributed by atoms with Gasteiger partial charge in [-0.15, -0.1) is 11.3 Å². The average molecular weight is 257 g/mol. The minimum absolute atomic E-state index is 0.573. The van der Waals surface area contributed by atoms with Crippen LogP contribution in [0.5, 0.6) is 11.6 Å². The molecule has 0 bridgehead atoms. The zero-order chi connectivity index (χ0) is 12.5. The topological polar surface area (TPSA) is 61.0 Å². The standard InChI is InChI=1S/C13H11N3OS/c1-8-2-3-9(14)6-11(8)17-13-12-10(4-5-18-12)15-7-16-13/h2-7H,14H2,1H3. The first-order valence-corrected chi connectivity index (χ1v) is 6.34. The third-order valence-corrected chi connectivity index (χ3v) is 3.52. The van der Waals surface area contributed by atoms with Crippen LogP contribution in [0, 0.1) is 6.92 Å². The molecule has 0 saturated carbocycles. The van der Waals surface area contributed by atoms with Crippen LogP contribution in [-0.2, 0) is 0 Å².